The third-order valence-corrected chi connectivity index (χ3v) is 4.24. The van der Waals surface area contributed by atoms with E-state index < -0.39 is 8.24 Å². The molecule has 1 fully saturated rings. The quantitative estimate of drug-likeness (QED) is 0.400. The Bertz CT molecular complexity index is 259. The van der Waals surface area contributed by atoms with Crippen molar-refractivity contribution in [3.05, 3.63) is 0 Å². The fourth-order valence-electron chi connectivity index (χ4n) is 1.69. The SMILES string of the molecule is CCOC(=O)C1CC(=O)N1[Si](C)(C)C. The zero-order valence-corrected chi connectivity index (χ0v) is 10.2. The van der Waals surface area contributed by atoms with E-state index in [9.17, 15) is 9.59 Å². The molecular weight excluding hydrogens is 198 g/mol. The number of carbonyl (C=O) groups excluding carboxylic acids is 2. The van der Waals surface area contributed by atoms with Crippen LogP contribution in [0.2, 0.25) is 19.6 Å². The number of carbonyl (C=O) groups is 2. The summed E-state index contributed by atoms with van der Waals surface area (Å²) < 4.78 is 6.64. The van der Waals surface area contributed by atoms with Gasteiger partial charge in [0.2, 0.25) is 5.91 Å². The van der Waals surface area contributed by atoms with E-state index in [2.05, 4.69) is 19.6 Å². The lowest BCUT2D eigenvalue weighted by Crippen LogP contribution is -2.66. The van der Waals surface area contributed by atoms with Crippen molar-refractivity contribution in [2.24, 2.45) is 0 Å². The van der Waals surface area contributed by atoms with Gasteiger partial charge in [0.1, 0.15) is 6.04 Å². The zero-order valence-electron chi connectivity index (χ0n) is 9.16. The molecule has 0 radical (unpaired) electrons. The number of amides is 1. The highest BCUT2D eigenvalue weighted by molar-refractivity contribution is 6.76. The predicted octanol–water partition coefficient (Wildman–Crippen LogP) is 0.985. The highest BCUT2D eigenvalue weighted by Gasteiger charge is 2.48. The van der Waals surface area contributed by atoms with Gasteiger partial charge in [0.05, 0.1) is 13.0 Å². The lowest BCUT2D eigenvalue weighted by molar-refractivity contribution is -0.160. The Hall–Kier alpha value is -0.843. The number of esters is 1. The van der Waals surface area contributed by atoms with Gasteiger partial charge in [-0.1, -0.05) is 19.6 Å². The third-order valence-electron chi connectivity index (χ3n) is 2.23. The molecule has 0 aromatic heterocycles. The highest BCUT2D eigenvalue weighted by Crippen LogP contribution is 2.27. The smallest absolute Gasteiger partial charge is 0.328 e. The highest BCUT2D eigenvalue weighted by atomic mass is 28.3. The van der Waals surface area contributed by atoms with Gasteiger partial charge in [-0.25, -0.2) is 4.79 Å². The summed E-state index contributed by atoms with van der Waals surface area (Å²) in [6.45, 7) is 8.31. The molecule has 4 nitrogen and oxygen atoms in total. The topological polar surface area (TPSA) is 46.6 Å². The van der Waals surface area contributed by atoms with Gasteiger partial charge < -0.3 is 9.30 Å². The minimum atomic E-state index is -1.71. The Morgan fingerprint density at radius 2 is 2.14 bits per heavy atom. The molecule has 1 aliphatic rings. The van der Waals surface area contributed by atoms with E-state index in [1.165, 1.54) is 0 Å². The largest absolute Gasteiger partial charge is 0.464 e. The minimum Gasteiger partial charge on any atom is -0.464 e. The number of nitrogens with zero attached hydrogens (tertiary/aromatic N) is 1. The number of β-lactam (4-membered cyclic amide) rings is 1. The summed E-state index contributed by atoms with van der Waals surface area (Å²) >= 11 is 0. The van der Waals surface area contributed by atoms with E-state index in [-0.39, 0.29) is 17.9 Å². The lowest BCUT2D eigenvalue weighted by Gasteiger charge is -2.46. The first-order chi connectivity index (χ1) is 6.38. The Morgan fingerprint density at radius 3 is 2.50 bits per heavy atom. The number of hydrogen-bond acceptors (Lipinski definition) is 3. The van der Waals surface area contributed by atoms with Gasteiger partial charge >= 0.3 is 5.97 Å². The van der Waals surface area contributed by atoms with Crippen LogP contribution in [0.5, 0.6) is 0 Å². The van der Waals surface area contributed by atoms with E-state index in [0.717, 1.165) is 0 Å². The maximum Gasteiger partial charge on any atom is 0.328 e. The molecule has 0 N–H and O–H groups in total. The summed E-state index contributed by atoms with van der Waals surface area (Å²) in [6.07, 6.45) is 0.323. The van der Waals surface area contributed by atoms with Crippen molar-refractivity contribution >= 4 is 20.1 Å². The van der Waals surface area contributed by atoms with Crippen molar-refractivity contribution in [2.75, 3.05) is 6.61 Å². The molecule has 0 saturated carbocycles. The van der Waals surface area contributed by atoms with Crippen LogP contribution >= 0.6 is 0 Å². The fourth-order valence-corrected chi connectivity index (χ4v) is 3.66. The average molecular weight is 215 g/mol. The second-order valence-corrected chi connectivity index (χ2v) is 9.23. The van der Waals surface area contributed by atoms with E-state index >= 15 is 0 Å². The first-order valence-electron chi connectivity index (χ1n) is 4.86. The Labute approximate surface area is 85.3 Å². The molecular formula is C9H17NO3Si. The van der Waals surface area contributed by atoms with Gasteiger partial charge in [-0.15, -0.1) is 0 Å². The molecule has 1 aliphatic heterocycles. The standard InChI is InChI=1S/C9H17NO3Si/c1-5-13-9(12)7-6-8(11)10(7)14(2,3)4/h7H,5-6H2,1-4H3. The molecule has 1 heterocycles. The summed E-state index contributed by atoms with van der Waals surface area (Å²) in [7, 11) is -1.71. The Kier molecular flexibility index (Phi) is 2.99. The lowest BCUT2D eigenvalue weighted by atomic mass is 10.1. The van der Waals surface area contributed by atoms with Crippen LogP contribution in [-0.2, 0) is 14.3 Å². The monoisotopic (exact) mass is 215 g/mol. The first-order valence-corrected chi connectivity index (χ1v) is 8.31. The summed E-state index contributed by atoms with van der Waals surface area (Å²) in [5.41, 5.74) is 0. The maximum atomic E-state index is 11.4. The van der Waals surface area contributed by atoms with Crippen LogP contribution in [0, 0.1) is 0 Å². The maximum absolute atomic E-state index is 11.4. The first kappa shape index (κ1) is 11.2. The zero-order chi connectivity index (χ0) is 10.9. The van der Waals surface area contributed by atoms with Gasteiger partial charge in [-0.05, 0) is 6.92 Å². The molecule has 5 heteroatoms. The molecule has 0 aromatic carbocycles. The van der Waals surface area contributed by atoms with Crippen LogP contribution in [0.4, 0.5) is 0 Å². The number of ether oxygens (including phenoxy) is 1. The number of rotatable bonds is 3. The van der Waals surface area contributed by atoms with Crippen molar-refractivity contribution in [1.82, 2.24) is 4.57 Å². The molecule has 1 atom stereocenters. The fraction of sp³-hybridized carbons (Fsp3) is 0.778. The molecule has 0 bridgehead atoms. The van der Waals surface area contributed by atoms with Crippen LogP contribution < -0.4 is 0 Å². The average Bonchev–Trinajstić information content (AvgIpc) is 1.96. The molecule has 1 rings (SSSR count). The minimum absolute atomic E-state index is 0.0854. The van der Waals surface area contributed by atoms with Crippen molar-refractivity contribution in [2.45, 2.75) is 39.0 Å². The molecule has 0 spiro atoms. The van der Waals surface area contributed by atoms with Crippen LogP contribution in [0.25, 0.3) is 0 Å². The summed E-state index contributed by atoms with van der Waals surface area (Å²) in [5, 5.41) is 0. The number of hydrogen-bond donors (Lipinski definition) is 0. The van der Waals surface area contributed by atoms with Crippen molar-refractivity contribution in [3.8, 4) is 0 Å². The van der Waals surface area contributed by atoms with E-state index in [1.807, 2.05) is 0 Å². The van der Waals surface area contributed by atoms with Crippen LogP contribution in [0.1, 0.15) is 13.3 Å². The molecule has 14 heavy (non-hydrogen) atoms. The Balaban J connectivity index is 2.66. The summed E-state index contributed by atoms with van der Waals surface area (Å²) in [6, 6.07) is -0.311. The normalized spacial score (nSPS) is 21.9. The van der Waals surface area contributed by atoms with Gasteiger partial charge in [0, 0.05) is 0 Å². The molecule has 0 aromatic rings. The van der Waals surface area contributed by atoms with Gasteiger partial charge in [-0.2, -0.15) is 0 Å². The molecule has 1 saturated heterocycles. The molecule has 1 amide bonds. The second-order valence-electron chi connectivity index (χ2n) is 4.41. The van der Waals surface area contributed by atoms with Crippen LogP contribution in [0.3, 0.4) is 0 Å². The van der Waals surface area contributed by atoms with E-state index in [0.29, 0.717) is 13.0 Å². The Morgan fingerprint density at radius 1 is 1.57 bits per heavy atom. The van der Waals surface area contributed by atoms with Gasteiger partial charge in [0.15, 0.2) is 8.24 Å². The third kappa shape index (κ3) is 1.97. The van der Waals surface area contributed by atoms with Gasteiger partial charge in [-0.3, -0.25) is 4.79 Å². The molecule has 80 valence electrons. The van der Waals surface area contributed by atoms with E-state index in [4.69, 9.17) is 4.74 Å². The summed E-state index contributed by atoms with van der Waals surface area (Å²) in [4.78, 5) is 22.8. The van der Waals surface area contributed by atoms with Crippen molar-refractivity contribution in [3.63, 3.8) is 0 Å². The van der Waals surface area contributed by atoms with Crippen LogP contribution in [0.15, 0.2) is 0 Å². The summed E-state index contributed by atoms with van der Waals surface area (Å²) in [5.74, 6) is -0.170. The van der Waals surface area contributed by atoms with Crippen LogP contribution in [-0.4, -0.2) is 37.3 Å². The van der Waals surface area contributed by atoms with Crippen molar-refractivity contribution < 1.29 is 14.3 Å². The van der Waals surface area contributed by atoms with E-state index in [1.54, 1.807) is 11.5 Å². The predicted molar refractivity (Wildman–Crippen MR) is 55.2 cm³/mol. The molecule has 1 unspecified atom stereocenters. The molecule has 0 aliphatic carbocycles. The second kappa shape index (κ2) is 3.72. The van der Waals surface area contributed by atoms with Crippen molar-refractivity contribution in [1.29, 1.82) is 0 Å². The van der Waals surface area contributed by atoms with Gasteiger partial charge in [0.25, 0.3) is 0 Å².